The van der Waals surface area contributed by atoms with Crippen molar-refractivity contribution in [1.82, 2.24) is 4.72 Å². The highest BCUT2D eigenvalue weighted by Gasteiger charge is 2.26. The van der Waals surface area contributed by atoms with Crippen LogP contribution in [0.25, 0.3) is 0 Å². The fourth-order valence-electron chi connectivity index (χ4n) is 2.68. The smallest absolute Gasteiger partial charge is 0.264 e. The minimum atomic E-state index is -3.52. The maximum atomic E-state index is 12.9. The number of hydrogen-bond acceptors (Lipinski definition) is 4. The third-order valence-electron chi connectivity index (χ3n) is 4.00. The first-order valence-electron chi connectivity index (χ1n) is 7.66. The molecule has 0 fully saturated rings. The van der Waals surface area contributed by atoms with Gasteiger partial charge in [-0.05, 0) is 61.5 Å². The highest BCUT2D eigenvalue weighted by Crippen LogP contribution is 2.30. The number of nitrogens with zero attached hydrogens (tertiary/aromatic N) is 1. The molecule has 2 aromatic carbocycles. The fraction of sp³-hybridized carbons (Fsp3) is 0.235. The summed E-state index contributed by atoms with van der Waals surface area (Å²) in [5.74, 6) is -0.212. The summed E-state index contributed by atoms with van der Waals surface area (Å²) in [5, 5.41) is 0. The van der Waals surface area contributed by atoms with Crippen molar-refractivity contribution < 1.29 is 22.3 Å². The van der Waals surface area contributed by atoms with Crippen LogP contribution >= 0.6 is 0 Å². The first-order chi connectivity index (χ1) is 11.9. The lowest BCUT2D eigenvalue weighted by Gasteiger charge is -2.18. The summed E-state index contributed by atoms with van der Waals surface area (Å²) in [6, 6.07) is 10.1. The molecule has 0 saturated carbocycles. The topological polar surface area (TPSA) is 75.7 Å². The summed E-state index contributed by atoms with van der Waals surface area (Å²) in [7, 11) is -2.16. The number of anilines is 1. The number of fused-ring (bicyclic) bond motifs is 1. The van der Waals surface area contributed by atoms with E-state index in [1.165, 1.54) is 37.4 Å². The number of hydrogen-bond donors (Lipinski definition) is 1. The van der Waals surface area contributed by atoms with Gasteiger partial charge in [-0.3, -0.25) is 4.79 Å². The monoisotopic (exact) mass is 364 g/mol. The second kappa shape index (κ2) is 6.81. The van der Waals surface area contributed by atoms with Crippen LogP contribution in [0.2, 0.25) is 0 Å². The quantitative estimate of drug-likeness (QED) is 0.876. The van der Waals surface area contributed by atoms with Gasteiger partial charge in [0.15, 0.2) is 6.61 Å². The summed E-state index contributed by atoms with van der Waals surface area (Å²) in [4.78, 5) is 14.1. The zero-order valence-corrected chi connectivity index (χ0v) is 14.3. The molecule has 1 aliphatic rings. The van der Waals surface area contributed by atoms with Crippen LogP contribution in [0.3, 0.4) is 0 Å². The van der Waals surface area contributed by atoms with Gasteiger partial charge in [0.05, 0.1) is 4.90 Å². The van der Waals surface area contributed by atoms with E-state index in [-0.39, 0.29) is 23.2 Å². The van der Waals surface area contributed by atoms with Crippen LogP contribution in [0.5, 0.6) is 5.75 Å². The Morgan fingerprint density at radius 3 is 2.64 bits per heavy atom. The average molecular weight is 364 g/mol. The van der Waals surface area contributed by atoms with E-state index in [1.54, 1.807) is 17.0 Å². The summed E-state index contributed by atoms with van der Waals surface area (Å²) in [5.41, 5.74) is 1.48. The Morgan fingerprint density at radius 1 is 1.24 bits per heavy atom. The molecular weight excluding hydrogens is 347 g/mol. The van der Waals surface area contributed by atoms with Crippen LogP contribution in [0.15, 0.2) is 47.4 Å². The number of sulfonamides is 1. The summed E-state index contributed by atoms with van der Waals surface area (Å²) < 4.78 is 44.2. The van der Waals surface area contributed by atoms with Crippen molar-refractivity contribution in [3.8, 4) is 5.75 Å². The molecule has 0 saturated heterocycles. The molecule has 0 spiro atoms. The highest BCUT2D eigenvalue weighted by atomic mass is 32.2. The number of ether oxygens (including phenoxy) is 1. The lowest BCUT2D eigenvalue weighted by Crippen LogP contribution is -2.33. The molecule has 0 aromatic heterocycles. The van der Waals surface area contributed by atoms with Gasteiger partial charge in [-0.25, -0.2) is 17.5 Å². The Labute approximate surface area is 145 Å². The molecule has 8 heteroatoms. The molecule has 6 nitrogen and oxygen atoms in total. The highest BCUT2D eigenvalue weighted by molar-refractivity contribution is 7.89. The van der Waals surface area contributed by atoms with Crippen molar-refractivity contribution in [1.29, 1.82) is 0 Å². The lowest BCUT2D eigenvalue weighted by atomic mass is 10.2. The molecule has 3 rings (SSSR count). The minimum Gasteiger partial charge on any atom is -0.484 e. The molecule has 2 aromatic rings. The van der Waals surface area contributed by atoms with Gasteiger partial charge in [0.2, 0.25) is 10.0 Å². The van der Waals surface area contributed by atoms with E-state index < -0.39 is 10.0 Å². The second-order valence-electron chi connectivity index (χ2n) is 5.54. The number of amides is 1. The first kappa shape index (κ1) is 17.4. The van der Waals surface area contributed by atoms with Crippen molar-refractivity contribution in [3.05, 3.63) is 53.8 Å². The number of carbonyl (C=O) groups is 1. The van der Waals surface area contributed by atoms with Gasteiger partial charge < -0.3 is 9.64 Å². The molecule has 1 N–H and O–H groups in total. The Bertz CT molecular complexity index is 897. The second-order valence-corrected chi connectivity index (χ2v) is 7.42. The van der Waals surface area contributed by atoms with Gasteiger partial charge in [0.1, 0.15) is 11.6 Å². The van der Waals surface area contributed by atoms with Crippen LogP contribution in [0.1, 0.15) is 5.56 Å². The van der Waals surface area contributed by atoms with Crippen molar-refractivity contribution in [2.45, 2.75) is 11.3 Å². The summed E-state index contributed by atoms with van der Waals surface area (Å²) >= 11 is 0. The van der Waals surface area contributed by atoms with Crippen LogP contribution in [0.4, 0.5) is 10.1 Å². The molecule has 25 heavy (non-hydrogen) atoms. The number of benzene rings is 2. The predicted octanol–water partition coefficient (Wildman–Crippen LogP) is 1.70. The van der Waals surface area contributed by atoms with Crippen molar-refractivity contribution in [3.63, 3.8) is 0 Å². The third kappa shape index (κ3) is 3.64. The number of nitrogens with one attached hydrogen (secondary N) is 1. The molecular formula is C17H17FN2O4S. The van der Waals surface area contributed by atoms with Gasteiger partial charge in [-0.15, -0.1) is 0 Å². The zero-order valence-electron chi connectivity index (χ0n) is 13.5. The summed E-state index contributed by atoms with van der Waals surface area (Å²) in [6.45, 7) is 0.283. The number of carbonyl (C=O) groups excluding carboxylic acids is 1. The van der Waals surface area contributed by atoms with Crippen LogP contribution in [-0.2, 0) is 21.2 Å². The molecule has 0 unspecified atom stereocenters. The molecule has 1 heterocycles. The van der Waals surface area contributed by atoms with Crippen LogP contribution < -0.4 is 14.4 Å². The zero-order chi connectivity index (χ0) is 18.0. The Kier molecular flexibility index (Phi) is 4.73. The van der Waals surface area contributed by atoms with E-state index in [2.05, 4.69) is 4.72 Å². The first-order valence-corrected chi connectivity index (χ1v) is 9.14. The van der Waals surface area contributed by atoms with Crippen molar-refractivity contribution in [2.75, 3.05) is 25.1 Å². The van der Waals surface area contributed by atoms with E-state index >= 15 is 0 Å². The van der Waals surface area contributed by atoms with E-state index in [4.69, 9.17) is 4.74 Å². The van der Waals surface area contributed by atoms with Gasteiger partial charge in [0.25, 0.3) is 5.91 Å². The fourth-order valence-corrected chi connectivity index (χ4v) is 3.46. The molecule has 0 bridgehead atoms. The van der Waals surface area contributed by atoms with Gasteiger partial charge in [0, 0.05) is 12.2 Å². The Balaban J connectivity index is 1.71. The molecule has 0 radical (unpaired) electrons. The van der Waals surface area contributed by atoms with Crippen molar-refractivity contribution >= 4 is 21.6 Å². The maximum absolute atomic E-state index is 12.9. The third-order valence-corrected chi connectivity index (χ3v) is 5.41. The molecule has 1 amide bonds. The van der Waals surface area contributed by atoms with Gasteiger partial charge in [-0.2, -0.15) is 0 Å². The molecule has 1 aliphatic heterocycles. The molecule has 0 aliphatic carbocycles. The molecule has 132 valence electrons. The van der Waals surface area contributed by atoms with Gasteiger partial charge >= 0.3 is 0 Å². The van der Waals surface area contributed by atoms with Gasteiger partial charge in [-0.1, -0.05) is 0 Å². The van der Waals surface area contributed by atoms with E-state index in [9.17, 15) is 17.6 Å². The Hall–Kier alpha value is -2.45. The standard InChI is InChI=1S/C17H17FN2O4S/c1-19-25(22,23)15-6-7-16-12(10-15)8-9-20(16)17(21)11-24-14-4-2-13(18)3-5-14/h2-7,10,19H,8-9,11H2,1H3. The van der Waals surface area contributed by atoms with E-state index in [1.807, 2.05) is 0 Å². The minimum absolute atomic E-state index is 0.172. The maximum Gasteiger partial charge on any atom is 0.264 e. The van der Waals surface area contributed by atoms with E-state index in [0.717, 1.165) is 5.56 Å². The lowest BCUT2D eigenvalue weighted by molar-refractivity contribution is -0.120. The molecule has 0 atom stereocenters. The van der Waals surface area contributed by atoms with Crippen molar-refractivity contribution in [2.24, 2.45) is 0 Å². The largest absolute Gasteiger partial charge is 0.484 e. The average Bonchev–Trinajstić information content (AvgIpc) is 3.04. The normalized spacial score (nSPS) is 13.6. The Morgan fingerprint density at radius 2 is 1.96 bits per heavy atom. The summed E-state index contributed by atoms with van der Waals surface area (Å²) in [6.07, 6.45) is 0.574. The predicted molar refractivity (Wildman–Crippen MR) is 90.6 cm³/mol. The number of rotatable bonds is 5. The number of halogens is 1. The van der Waals surface area contributed by atoms with Crippen LogP contribution in [-0.4, -0.2) is 34.5 Å². The SMILES string of the molecule is CNS(=O)(=O)c1ccc2c(c1)CCN2C(=O)COc1ccc(F)cc1. The van der Waals surface area contributed by atoms with Crippen LogP contribution in [0, 0.1) is 5.82 Å². The van der Waals surface area contributed by atoms with E-state index in [0.29, 0.717) is 24.4 Å².